The Hall–Kier alpha value is -2.87. The maximum Gasteiger partial charge on any atom is 0.459 e. The number of fused-ring (bicyclic) bond motifs is 1. The number of benzene rings is 1. The van der Waals surface area contributed by atoms with Crippen molar-refractivity contribution in [1.29, 1.82) is 0 Å². The molecule has 3 heterocycles. The molecule has 0 amide bonds. The van der Waals surface area contributed by atoms with Gasteiger partial charge in [0.05, 0.1) is 25.9 Å². The molecule has 0 spiro atoms. The fourth-order valence-electron chi connectivity index (χ4n) is 4.06. The number of aliphatic hydroxyl groups is 1. The van der Waals surface area contributed by atoms with Gasteiger partial charge in [-0.15, -0.1) is 11.6 Å². The largest absolute Gasteiger partial charge is 0.468 e. The second-order valence-electron chi connectivity index (χ2n) is 8.84. The number of methoxy groups -OCH3 is 1. The highest BCUT2D eigenvalue weighted by Gasteiger charge is 2.57. The van der Waals surface area contributed by atoms with Gasteiger partial charge in [-0.05, 0) is 26.0 Å². The van der Waals surface area contributed by atoms with Crippen LogP contribution in [0.3, 0.4) is 0 Å². The molecule has 16 heteroatoms. The lowest BCUT2D eigenvalue weighted by molar-refractivity contribution is -0.142. The van der Waals surface area contributed by atoms with Crippen LogP contribution in [-0.2, 0) is 23.4 Å². The summed E-state index contributed by atoms with van der Waals surface area (Å²) in [5.41, 5.74) is -1.22. The van der Waals surface area contributed by atoms with E-state index >= 15 is 4.39 Å². The third-order valence-corrected chi connectivity index (χ3v) is 8.17. The maximum atomic E-state index is 15.6. The highest BCUT2D eigenvalue weighted by Crippen LogP contribution is 2.48. The van der Waals surface area contributed by atoms with Crippen molar-refractivity contribution in [3.63, 3.8) is 0 Å². The number of hydrogen-bond donors (Lipinski definition) is 3. The Balaban J connectivity index is 1.62. The van der Waals surface area contributed by atoms with Gasteiger partial charge in [-0.25, -0.2) is 23.9 Å². The molecule has 6 atom stereocenters. The first-order valence-corrected chi connectivity index (χ1v) is 13.9. The lowest BCUT2D eigenvalue weighted by atomic mass is 9.99. The van der Waals surface area contributed by atoms with Crippen LogP contribution in [0, 0.1) is 6.92 Å². The topological polar surface area (TPSA) is 159 Å². The molecule has 1 fully saturated rings. The van der Waals surface area contributed by atoms with Gasteiger partial charge in [0.1, 0.15) is 29.3 Å². The van der Waals surface area contributed by atoms with E-state index in [1.807, 2.05) is 0 Å². The predicted octanol–water partition coefficient (Wildman–Crippen LogP) is 2.74. The number of nitrogens with zero attached hydrogens (tertiary/aromatic N) is 4. The summed E-state index contributed by atoms with van der Waals surface area (Å²) in [5, 5.41) is 16.3. The SMILES string of the molecule is CNc1nc(C)nc2c1ncn2[C@@H]1O[C@](CCl)(CO[P@](=O)(N[C@@H](C)C(=O)OC)Oc2ccccc2)[C@@H](O)[C@H]1F. The summed E-state index contributed by atoms with van der Waals surface area (Å²) in [4.78, 5) is 24.9. The molecule has 212 valence electrons. The number of anilines is 1. The molecule has 3 aromatic rings. The number of hydrogen-bond acceptors (Lipinski definition) is 11. The second-order valence-corrected chi connectivity index (χ2v) is 10.8. The molecule has 0 radical (unpaired) electrons. The monoisotopic (exact) mass is 586 g/mol. The van der Waals surface area contributed by atoms with E-state index in [9.17, 15) is 14.5 Å². The summed E-state index contributed by atoms with van der Waals surface area (Å²) in [6.45, 7) is 2.40. The zero-order chi connectivity index (χ0) is 28.4. The smallest absolute Gasteiger partial charge is 0.459 e. The first kappa shape index (κ1) is 29.1. The van der Waals surface area contributed by atoms with E-state index in [4.69, 9.17) is 25.4 Å². The van der Waals surface area contributed by atoms with E-state index in [1.165, 1.54) is 37.1 Å². The van der Waals surface area contributed by atoms with Gasteiger partial charge in [0.2, 0.25) is 0 Å². The number of esters is 1. The van der Waals surface area contributed by atoms with Crippen LogP contribution in [-0.4, -0.2) is 81.2 Å². The molecule has 0 saturated carbocycles. The third-order valence-electron chi connectivity index (χ3n) is 6.09. The fraction of sp³-hybridized carbons (Fsp3) is 0.478. The summed E-state index contributed by atoms with van der Waals surface area (Å²) < 4.78 is 52.5. The van der Waals surface area contributed by atoms with E-state index < -0.39 is 56.3 Å². The highest BCUT2D eigenvalue weighted by atomic mass is 35.5. The average molecular weight is 587 g/mol. The Kier molecular flexibility index (Phi) is 8.74. The van der Waals surface area contributed by atoms with Crippen LogP contribution >= 0.6 is 19.3 Å². The lowest BCUT2D eigenvalue weighted by Gasteiger charge is -2.31. The number of imidazole rings is 1. The van der Waals surface area contributed by atoms with Crippen molar-refractivity contribution in [3.8, 4) is 5.75 Å². The normalized spacial score (nSPS) is 25.3. The number of carbonyl (C=O) groups is 1. The van der Waals surface area contributed by atoms with Gasteiger partial charge in [0.25, 0.3) is 0 Å². The first-order valence-electron chi connectivity index (χ1n) is 11.9. The van der Waals surface area contributed by atoms with Crippen LogP contribution in [0.2, 0.25) is 0 Å². The molecule has 39 heavy (non-hydrogen) atoms. The minimum absolute atomic E-state index is 0.166. The second kappa shape index (κ2) is 11.7. The minimum Gasteiger partial charge on any atom is -0.468 e. The quantitative estimate of drug-likeness (QED) is 0.172. The number of rotatable bonds is 11. The van der Waals surface area contributed by atoms with Gasteiger partial charge in [0, 0.05) is 7.05 Å². The van der Waals surface area contributed by atoms with Crippen LogP contribution in [0.25, 0.3) is 11.2 Å². The molecule has 1 aliphatic heterocycles. The third kappa shape index (κ3) is 5.86. The van der Waals surface area contributed by atoms with E-state index in [2.05, 4.69) is 30.1 Å². The van der Waals surface area contributed by atoms with Gasteiger partial charge in [0.15, 0.2) is 29.4 Å². The fourth-order valence-corrected chi connectivity index (χ4v) is 5.90. The molecule has 0 unspecified atom stereocenters. The van der Waals surface area contributed by atoms with Crippen molar-refractivity contribution < 1.29 is 37.4 Å². The molecule has 1 aliphatic rings. The number of carbonyl (C=O) groups excluding carboxylic acids is 1. The van der Waals surface area contributed by atoms with Crippen molar-refractivity contribution in [2.45, 2.75) is 44.0 Å². The van der Waals surface area contributed by atoms with Crippen LogP contribution < -0.4 is 14.9 Å². The van der Waals surface area contributed by atoms with Gasteiger partial charge in [-0.2, -0.15) is 5.09 Å². The van der Waals surface area contributed by atoms with E-state index in [0.717, 1.165) is 0 Å². The minimum atomic E-state index is -4.33. The average Bonchev–Trinajstić information content (AvgIpc) is 3.45. The zero-order valence-corrected chi connectivity index (χ0v) is 23.2. The molecule has 0 aliphatic carbocycles. The number of alkyl halides is 2. The van der Waals surface area contributed by atoms with E-state index in [1.54, 1.807) is 32.2 Å². The Morgan fingerprint density at radius 3 is 2.72 bits per heavy atom. The number of ether oxygens (including phenoxy) is 2. The summed E-state index contributed by atoms with van der Waals surface area (Å²) in [7, 11) is -1.50. The number of halogens is 2. The first-order chi connectivity index (χ1) is 18.6. The Labute approximate surface area is 228 Å². The summed E-state index contributed by atoms with van der Waals surface area (Å²) in [6, 6.07) is 6.97. The number of nitrogens with one attached hydrogen (secondary N) is 2. The van der Waals surface area contributed by atoms with Crippen molar-refractivity contribution >= 4 is 42.3 Å². The van der Waals surface area contributed by atoms with Crippen LogP contribution in [0.15, 0.2) is 36.7 Å². The lowest BCUT2D eigenvalue weighted by Crippen LogP contribution is -2.48. The molecule has 13 nitrogen and oxygen atoms in total. The van der Waals surface area contributed by atoms with Crippen molar-refractivity contribution in [2.24, 2.45) is 0 Å². The zero-order valence-electron chi connectivity index (χ0n) is 21.6. The van der Waals surface area contributed by atoms with Crippen molar-refractivity contribution in [3.05, 3.63) is 42.5 Å². The molecule has 4 rings (SSSR count). The van der Waals surface area contributed by atoms with Gasteiger partial charge in [-0.1, -0.05) is 18.2 Å². The molecule has 2 aromatic heterocycles. The standard InChI is InChI=1S/C23H29ClFN6O7P/c1-13(22(33)35-4)30-39(34,38-15-8-6-5-7-9-15)36-11-23(10-24)18(32)16(25)21(37-23)31-12-27-17-19(26-3)28-14(2)29-20(17)31/h5-9,12-13,16,18,21,32H,10-11H2,1-4H3,(H,30,34)(H,26,28,29)/t13-,16+,18-,21+,23+,39+/m0/s1. The molecule has 3 N–H and O–H groups in total. The van der Waals surface area contributed by atoms with Crippen molar-refractivity contribution in [1.82, 2.24) is 24.6 Å². The van der Waals surface area contributed by atoms with Gasteiger partial charge in [-0.3, -0.25) is 13.9 Å². The predicted molar refractivity (Wildman–Crippen MR) is 139 cm³/mol. The Bertz CT molecular complexity index is 1370. The number of aliphatic hydroxyl groups excluding tert-OH is 1. The number of aromatic nitrogens is 4. The molecular weight excluding hydrogens is 558 g/mol. The van der Waals surface area contributed by atoms with Crippen LogP contribution in [0.4, 0.5) is 10.2 Å². The highest BCUT2D eigenvalue weighted by molar-refractivity contribution is 7.52. The molecular formula is C23H29ClFN6O7P. The Morgan fingerprint density at radius 1 is 1.36 bits per heavy atom. The van der Waals surface area contributed by atoms with Crippen LogP contribution in [0.5, 0.6) is 5.75 Å². The molecule has 1 saturated heterocycles. The van der Waals surface area contributed by atoms with Gasteiger partial charge < -0.3 is 24.4 Å². The summed E-state index contributed by atoms with van der Waals surface area (Å²) >= 11 is 6.19. The van der Waals surface area contributed by atoms with Gasteiger partial charge >= 0.3 is 13.7 Å². The van der Waals surface area contributed by atoms with E-state index in [0.29, 0.717) is 17.2 Å². The maximum absolute atomic E-state index is 15.6. The number of para-hydroxylation sites is 1. The van der Waals surface area contributed by atoms with Crippen molar-refractivity contribution in [2.75, 3.05) is 32.0 Å². The summed E-state index contributed by atoms with van der Waals surface area (Å²) in [5.74, 6) is -0.166. The molecule has 1 aromatic carbocycles. The molecule has 0 bridgehead atoms. The number of aryl methyl sites for hydroxylation is 1. The Morgan fingerprint density at radius 2 is 2.08 bits per heavy atom. The summed E-state index contributed by atoms with van der Waals surface area (Å²) in [6.07, 6.45) is -3.87. The van der Waals surface area contributed by atoms with E-state index in [-0.39, 0.29) is 11.4 Å². The van der Waals surface area contributed by atoms with Crippen LogP contribution in [0.1, 0.15) is 19.0 Å².